The zero-order valence-corrected chi connectivity index (χ0v) is 11.7. The first-order chi connectivity index (χ1) is 9.58. The van der Waals surface area contributed by atoms with Crippen molar-refractivity contribution in [1.82, 2.24) is 9.55 Å². The number of aryl methyl sites for hydroxylation is 1. The van der Waals surface area contributed by atoms with Gasteiger partial charge >= 0.3 is 0 Å². The van der Waals surface area contributed by atoms with Crippen molar-refractivity contribution in [3.8, 4) is 0 Å². The van der Waals surface area contributed by atoms with Crippen molar-refractivity contribution in [2.45, 2.75) is 13.5 Å². The maximum Gasteiger partial charge on any atom is 0.129 e. The van der Waals surface area contributed by atoms with Gasteiger partial charge in [0, 0.05) is 10.6 Å². The summed E-state index contributed by atoms with van der Waals surface area (Å²) in [5, 5.41) is 0.412. The fraction of sp³-hybridized carbons (Fsp3) is 0.133. The standard InChI is InChI=1S/C15H13ClFN3/c1-9-19-15-13(18)6-3-7-14(15)20(9)8-10-11(16)4-2-5-12(10)17/h2-7H,8,18H2,1H3. The molecule has 0 unspecified atom stereocenters. The van der Waals surface area contributed by atoms with Crippen molar-refractivity contribution in [1.29, 1.82) is 0 Å². The Morgan fingerprint density at radius 1 is 1.25 bits per heavy atom. The second kappa shape index (κ2) is 4.80. The average Bonchev–Trinajstić information content (AvgIpc) is 2.72. The predicted molar refractivity (Wildman–Crippen MR) is 79.4 cm³/mol. The van der Waals surface area contributed by atoms with E-state index in [1.807, 2.05) is 23.6 Å². The van der Waals surface area contributed by atoms with Crippen LogP contribution in [0, 0.1) is 12.7 Å². The molecule has 1 heterocycles. The molecule has 5 heteroatoms. The Hall–Kier alpha value is -2.07. The van der Waals surface area contributed by atoms with Gasteiger partial charge in [-0.3, -0.25) is 0 Å². The lowest BCUT2D eigenvalue weighted by molar-refractivity contribution is 0.599. The number of hydrogen-bond acceptors (Lipinski definition) is 2. The van der Waals surface area contributed by atoms with Crippen LogP contribution in [0.5, 0.6) is 0 Å². The lowest BCUT2D eigenvalue weighted by atomic mass is 10.2. The van der Waals surface area contributed by atoms with Crippen molar-refractivity contribution in [2.24, 2.45) is 0 Å². The Balaban J connectivity index is 2.16. The first-order valence-electron chi connectivity index (χ1n) is 6.22. The molecule has 3 rings (SSSR count). The van der Waals surface area contributed by atoms with E-state index in [0.717, 1.165) is 16.9 Å². The molecule has 0 amide bonds. The normalized spacial score (nSPS) is 11.2. The number of nitrogen functional groups attached to an aromatic ring is 1. The minimum Gasteiger partial charge on any atom is -0.397 e. The fourth-order valence-electron chi connectivity index (χ4n) is 2.33. The number of nitrogens with two attached hydrogens (primary N) is 1. The second-order valence-corrected chi connectivity index (χ2v) is 5.07. The number of rotatable bonds is 2. The van der Waals surface area contributed by atoms with Gasteiger partial charge in [-0.05, 0) is 31.2 Å². The lowest BCUT2D eigenvalue weighted by Crippen LogP contribution is -2.04. The number of para-hydroxylation sites is 1. The monoisotopic (exact) mass is 289 g/mol. The van der Waals surface area contributed by atoms with Crippen LogP contribution >= 0.6 is 11.6 Å². The predicted octanol–water partition coefficient (Wildman–Crippen LogP) is 3.77. The maximum absolute atomic E-state index is 13.9. The Morgan fingerprint density at radius 2 is 2.00 bits per heavy atom. The van der Waals surface area contributed by atoms with Crippen LogP contribution in [0.3, 0.4) is 0 Å². The van der Waals surface area contributed by atoms with Gasteiger partial charge in [0.15, 0.2) is 0 Å². The molecule has 0 spiro atoms. The number of imidazole rings is 1. The molecule has 0 fully saturated rings. The molecular formula is C15H13ClFN3. The van der Waals surface area contributed by atoms with E-state index in [1.165, 1.54) is 6.07 Å². The van der Waals surface area contributed by atoms with Crippen molar-refractivity contribution in [3.63, 3.8) is 0 Å². The van der Waals surface area contributed by atoms with E-state index in [2.05, 4.69) is 4.98 Å². The van der Waals surface area contributed by atoms with Crippen LogP contribution in [0.4, 0.5) is 10.1 Å². The van der Waals surface area contributed by atoms with E-state index >= 15 is 0 Å². The highest BCUT2D eigenvalue weighted by molar-refractivity contribution is 6.31. The van der Waals surface area contributed by atoms with Crippen LogP contribution < -0.4 is 5.73 Å². The Morgan fingerprint density at radius 3 is 2.75 bits per heavy atom. The van der Waals surface area contributed by atoms with Crippen LogP contribution in [-0.4, -0.2) is 9.55 Å². The first-order valence-corrected chi connectivity index (χ1v) is 6.60. The van der Waals surface area contributed by atoms with Gasteiger partial charge in [-0.2, -0.15) is 0 Å². The number of halogens is 2. The molecule has 3 nitrogen and oxygen atoms in total. The molecule has 0 radical (unpaired) electrons. The molecular weight excluding hydrogens is 277 g/mol. The van der Waals surface area contributed by atoms with Gasteiger partial charge in [-0.25, -0.2) is 9.37 Å². The molecule has 0 atom stereocenters. The lowest BCUT2D eigenvalue weighted by Gasteiger charge is -2.10. The zero-order chi connectivity index (χ0) is 14.3. The van der Waals surface area contributed by atoms with Crippen LogP contribution in [0.2, 0.25) is 5.02 Å². The van der Waals surface area contributed by atoms with E-state index in [9.17, 15) is 4.39 Å². The molecule has 2 aromatic carbocycles. The third-order valence-electron chi connectivity index (χ3n) is 3.38. The molecule has 3 aromatic rings. The number of benzene rings is 2. The molecule has 102 valence electrons. The topological polar surface area (TPSA) is 43.8 Å². The second-order valence-electron chi connectivity index (χ2n) is 4.66. The number of anilines is 1. The molecule has 0 aliphatic carbocycles. The summed E-state index contributed by atoms with van der Waals surface area (Å²) >= 11 is 6.08. The molecule has 0 bridgehead atoms. The third-order valence-corrected chi connectivity index (χ3v) is 3.73. The summed E-state index contributed by atoms with van der Waals surface area (Å²) < 4.78 is 15.8. The molecule has 0 saturated carbocycles. The minimum atomic E-state index is -0.317. The smallest absolute Gasteiger partial charge is 0.129 e. The third kappa shape index (κ3) is 2.02. The van der Waals surface area contributed by atoms with Gasteiger partial charge in [0.05, 0.1) is 17.7 Å². The van der Waals surface area contributed by atoms with E-state index in [1.54, 1.807) is 18.2 Å². The van der Waals surface area contributed by atoms with Crippen molar-refractivity contribution >= 4 is 28.3 Å². The summed E-state index contributed by atoms with van der Waals surface area (Å²) in [6, 6.07) is 10.3. The molecule has 2 N–H and O–H groups in total. The first kappa shape index (κ1) is 12.9. The Bertz CT molecular complexity index is 775. The summed E-state index contributed by atoms with van der Waals surface area (Å²) in [4.78, 5) is 4.44. The van der Waals surface area contributed by atoms with Gasteiger partial charge in [0.25, 0.3) is 0 Å². The minimum absolute atomic E-state index is 0.317. The van der Waals surface area contributed by atoms with Crippen molar-refractivity contribution in [3.05, 3.63) is 58.6 Å². The summed E-state index contributed by atoms with van der Waals surface area (Å²) in [6.45, 7) is 2.20. The van der Waals surface area contributed by atoms with E-state index in [-0.39, 0.29) is 5.82 Å². The average molecular weight is 290 g/mol. The SMILES string of the molecule is Cc1nc2c(N)cccc2n1Cc1c(F)cccc1Cl. The number of fused-ring (bicyclic) bond motifs is 1. The Kier molecular flexibility index (Phi) is 3.10. The van der Waals surface area contributed by atoms with Gasteiger partial charge in [0.1, 0.15) is 17.2 Å². The molecule has 0 saturated heterocycles. The largest absolute Gasteiger partial charge is 0.397 e. The van der Waals surface area contributed by atoms with Gasteiger partial charge in [-0.1, -0.05) is 23.7 Å². The quantitative estimate of drug-likeness (QED) is 0.730. The van der Waals surface area contributed by atoms with Gasteiger partial charge in [-0.15, -0.1) is 0 Å². The summed E-state index contributed by atoms with van der Waals surface area (Å²) in [5.74, 6) is 0.458. The van der Waals surface area contributed by atoms with E-state index in [4.69, 9.17) is 17.3 Å². The van der Waals surface area contributed by atoms with Crippen LogP contribution in [0.1, 0.15) is 11.4 Å². The summed E-state index contributed by atoms with van der Waals surface area (Å²) in [6.07, 6.45) is 0. The van der Waals surface area contributed by atoms with Crippen molar-refractivity contribution in [2.75, 3.05) is 5.73 Å². The molecule has 20 heavy (non-hydrogen) atoms. The number of aromatic nitrogens is 2. The van der Waals surface area contributed by atoms with E-state index < -0.39 is 0 Å². The van der Waals surface area contributed by atoms with Crippen molar-refractivity contribution < 1.29 is 4.39 Å². The zero-order valence-electron chi connectivity index (χ0n) is 10.9. The maximum atomic E-state index is 13.9. The van der Waals surface area contributed by atoms with Gasteiger partial charge in [0.2, 0.25) is 0 Å². The highest BCUT2D eigenvalue weighted by Gasteiger charge is 2.13. The Labute approximate surface area is 120 Å². The van der Waals surface area contributed by atoms with Gasteiger partial charge < -0.3 is 10.3 Å². The summed E-state index contributed by atoms with van der Waals surface area (Å²) in [7, 11) is 0. The number of nitrogens with zero attached hydrogens (tertiary/aromatic N) is 2. The number of hydrogen-bond donors (Lipinski definition) is 1. The van der Waals surface area contributed by atoms with Crippen LogP contribution in [0.25, 0.3) is 11.0 Å². The van der Waals surface area contributed by atoms with Crippen LogP contribution in [0.15, 0.2) is 36.4 Å². The highest BCUT2D eigenvalue weighted by atomic mass is 35.5. The molecule has 0 aliphatic heterocycles. The highest BCUT2D eigenvalue weighted by Crippen LogP contribution is 2.25. The molecule has 0 aliphatic rings. The fourth-order valence-corrected chi connectivity index (χ4v) is 2.55. The van der Waals surface area contributed by atoms with Crippen LogP contribution in [-0.2, 0) is 6.54 Å². The molecule has 1 aromatic heterocycles. The van der Waals surface area contributed by atoms with E-state index in [0.29, 0.717) is 22.8 Å². The summed E-state index contributed by atoms with van der Waals surface area (Å²) in [5.41, 5.74) is 8.60.